The molecule has 0 bridgehead atoms. The second kappa shape index (κ2) is 7.05. The molecule has 2 rings (SSSR count). The van der Waals surface area contributed by atoms with Crippen molar-refractivity contribution >= 4 is 0 Å². The summed E-state index contributed by atoms with van der Waals surface area (Å²) >= 11 is 0. The van der Waals surface area contributed by atoms with E-state index in [0.29, 0.717) is 0 Å². The number of halogens is 1. The lowest BCUT2D eigenvalue weighted by atomic mass is 9.78. The highest BCUT2D eigenvalue weighted by Gasteiger charge is 2.33. The molecule has 1 aliphatic heterocycles. The molecule has 0 amide bonds. The maximum absolute atomic E-state index is 13.4. The predicted octanol–water partition coefficient (Wildman–Crippen LogP) is 2.98. The van der Waals surface area contributed by atoms with Gasteiger partial charge in [0.15, 0.2) is 11.6 Å². The molecule has 0 radical (unpaired) electrons. The number of rotatable bonds is 6. The van der Waals surface area contributed by atoms with Crippen molar-refractivity contribution in [3.8, 4) is 5.75 Å². The van der Waals surface area contributed by atoms with Gasteiger partial charge in [0.05, 0.1) is 13.7 Å². The van der Waals surface area contributed by atoms with E-state index in [0.717, 1.165) is 44.5 Å². The van der Waals surface area contributed by atoms with Gasteiger partial charge >= 0.3 is 0 Å². The first kappa shape index (κ1) is 16.0. The van der Waals surface area contributed by atoms with Crippen LogP contribution in [0.25, 0.3) is 0 Å². The van der Waals surface area contributed by atoms with E-state index in [9.17, 15) is 9.50 Å². The van der Waals surface area contributed by atoms with Gasteiger partial charge < -0.3 is 9.84 Å². The molecule has 1 aromatic rings. The Labute approximate surface area is 126 Å². The van der Waals surface area contributed by atoms with Crippen LogP contribution in [0.5, 0.6) is 5.75 Å². The zero-order valence-corrected chi connectivity index (χ0v) is 12.6. The van der Waals surface area contributed by atoms with Crippen molar-refractivity contribution in [1.29, 1.82) is 0 Å². The monoisotopic (exact) mass is 293 g/mol. The highest BCUT2D eigenvalue weighted by atomic mass is 19.1. The minimum atomic E-state index is -0.337. The van der Waals surface area contributed by atoms with Crippen molar-refractivity contribution in [2.24, 2.45) is 5.41 Å². The molecule has 21 heavy (non-hydrogen) atoms. The smallest absolute Gasteiger partial charge is 0.165 e. The number of likely N-dealkylation sites (tertiary alicyclic amines) is 1. The number of methoxy groups -OCH3 is 1. The minimum absolute atomic E-state index is 0.0792. The molecule has 0 aromatic heterocycles. The van der Waals surface area contributed by atoms with Gasteiger partial charge in [-0.05, 0) is 43.5 Å². The standard InChI is InChI=1S/C17H24FNO2/c1-3-7-17(13-20)8-4-9-19(12-17)11-14-5-6-15(18)16(10-14)21-2/h3,5-6,10,20H,1,4,7-9,11-13H2,2H3/t17-/m1/s1. The molecule has 4 heteroatoms. The van der Waals surface area contributed by atoms with Gasteiger partial charge in [-0.2, -0.15) is 0 Å². The Kier molecular flexibility index (Phi) is 5.37. The van der Waals surface area contributed by atoms with Crippen LogP contribution in [0.1, 0.15) is 24.8 Å². The van der Waals surface area contributed by atoms with E-state index in [1.807, 2.05) is 6.08 Å². The summed E-state index contributed by atoms with van der Waals surface area (Å²) in [7, 11) is 1.48. The fourth-order valence-corrected chi connectivity index (χ4v) is 3.17. The molecule has 1 atom stereocenters. The van der Waals surface area contributed by atoms with Crippen molar-refractivity contribution in [2.75, 3.05) is 26.8 Å². The normalized spacial score (nSPS) is 23.0. The van der Waals surface area contributed by atoms with Gasteiger partial charge in [0.2, 0.25) is 0 Å². The third-order valence-electron chi connectivity index (χ3n) is 4.27. The van der Waals surface area contributed by atoms with E-state index in [4.69, 9.17) is 4.74 Å². The van der Waals surface area contributed by atoms with Crippen LogP contribution < -0.4 is 4.74 Å². The number of aliphatic hydroxyl groups excluding tert-OH is 1. The third-order valence-corrected chi connectivity index (χ3v) is 4.27. The highest BCUT2D eigenvalue weighted by molar-refractivity contribution is 5.30. The predicted molar refractivity (Wildman–Crippen MR) is 81.8 cm³/mol. The van der Waals surface area contributed by atoms with Crippen molar-refractivity contribution in [3.63, 3.8) is 0 Å². The van der Waals surface area contributed by atoms with Crippen LogP contribution >= 0.6 is 0 Å². The molecule has 1 N–H and O–H groups in total. The summed E-state index contributed by atoms with van der Waals surface area (Å²) in [5, 5.41) is 9.73. The molecule has 0 aliphatic carbocycles. The second-order valence-corrected chi connectivity index (χ2v) is 5.93. The average Bonchev–Trinajstić information content (AvgIpc) is 2.50. The number of allylic oxidation sites excluding steroid dienone is 1. The lowest BCUT2D eigenvalue weighted by Crippen LogP contribution is -2.44. The lowest BCUT2D eigenvalue weighted by molar-refractivity contribution is 0.0309. The van der Waals surface area contributed by atoms with Crippen LogP contribution in [-0.4, -0.2) is 36.8 Å². The van der Waals surface area contributed by atoms with E-state index in [1.54, 1.807) is 12.1 Å². The fourth-order valence-electron chi connectivity index (χ4n) is 3.17. The molecular formula is C17H24FNO2. The zero-order chi connectivity index (χ0) is 15.3. The first-order valence-corrected chi connectivity index (χ1v) is 7.39. The maximum atomic E-state index is 13.4. The Balaban J connectivity index is 2.07. The van der Waals surface area contributed by atoms with Gasteiger partial charge in [-0.3, -0.25) is 4.90 Å². The van der Waals surface area contributed by atoms with E-state index in [2.05, 4.69) is 11.5 Å². The van der Waals surface area contributed by atoms with Gasteiger partial charge in [-0.15, -0.1) is 6.58 Å². The van der Waals surface area contributed by atoms with Crippen molar-refractivity contribution in [3.05, 3.63) is 42.2 Å². The molecule has 1 aromatic carbocycles. The second-order valence-electron chi connectivity index (χ2n) is 5.93. The number of hydrogen-bond donors (Lipinski definition) is 1. The van der Waals surface area contributed by atoms with Crippen molar-refractivity contribution < 1.29 is 14.2 Å². The largest absolute Gasteiger partial charge is 0.494 e. The molecule has 116 valence electrons. The molecule has 0 spiro atoms. The number of benzene rings is 1. The number of piperidine rings is 1. The van der Waals surface area contributed by atoms with Crippen LogP contribution in [0.2, 0.25) is 0 Å². The Bertz CT molecular complexity index is 492. The fraction of sp³-hybridized carbons (Fsp3) is 0.529. The Morgan fingerprint density at radius 1 is 1.52 bits per heavy atom. The maximum Gasteiger partial charge on any atom is 0.165 e. The number of aliphatic hydroxyl groups is 1. The summed E-state index contributed by atoms with van der Waals surface area (Å²) in [5.74, 6) is -0.0553. The Hall–Kier alpha value is -1.39. The van der Waals surface area contributed by atoms with Crippen LogP contribution in [0, 0.1) is 11.2 Å². The van der Waals surface area contributed by atoms with Crippen LogP contribution in [0.4, 0.5) is 4.39 Å². The number of hydrogen-bond acceptors (Lipinski definition) is 3. The Morgan fingerprint density at radius 2 is 2.33 bits per heavy atom. The molecule has 1 saturated heterocycles. The van der Waals surface area contributed by atoms with E-state index < -0.39 is 0 Å². The highest BCUT2D eigenvalue weighted by Crippen LogP contribution is 2.34. The van der Waals surface area contributed by atoms with Gasteiger partial charge in [0, 0.05) is 18.5 Å². The first-order chi connectivity index (χ1) is 10.1. The van der Waals surface area contributed by atoms with E-state index in [-0.39, 0.29) is 23.6 Å². The third kappa shape index (κ3) is 3.83. The molecule has 0 unspecified atom stereocenters. The molecular weight excluding hydrogens is 269 g/mol. The van der Waals surface area contributed by atoms with Gasteiger partial charge in [0.25, 0.3) is 0 Å². The SMILES string of the molecule is C=CC[C@@]1(CO)CCCN(Cc2ccc(F)c(OC)c2)C1. The zero-order valence-electron chi connectivity index (χ0n) is 12.6. The van der Waals surface area contributed by atoms with Gasteiger partial charge in [-0.1, -0.05) is 12.1 Å². The summed E-state index contributed by atoms with van der Waals surface area (Å²) in [5.41, 5.74) is 0.949. The molecule has 0 saturated carbocycles. The van der Waals surface area contributed by atoms with Crippen molar-refractivity contribution in [1.82, 2.24) is 4.90 Å². The number of ether oxygens (including phenoxy) is 1. The lowest BCUT2D eigenvalue weighted by Gasteiger charge is -2.41. The molecule has 1 fully saturated rings. The van der Waals surface area contributed by atoms with Crippen LogP contribution in [0.15, 0.2) is 30.9 Å². The van der Waals surface area contributed by atoms with Crippen LogP contribution in [0.3, 0.4) is 0 Å². The summed E-state index contributed by atoms with van der Waals surface area (Å²) in [4.78, 5) is 2.32. The molecule has 3 nitrogen and oxygen atoms in total. The number of nitrogens with zero attached hydrogens (tertiary/aromatic N) is 1. The summed E-state index contributed by atoms with van der Waals surface area (Å²) in [6, 6.07) is 4.99. The minimum Gasteiger partial charge on any atom is -0.494 e. The van der Waals surface area contributed by atoms with E-state index in [1.165, 1.54) is 13.2 Å². The Morgan fingerprint density at radius 3 is 3.00 bits per heavy atom. The average molecular weight is 293 g/mol. The van der Waals surface area contributed by atoms with Gasteiger partial charge in [-0.25, -0.2) is 4.39 Å². The summed E-state index contributed by atoms with van der Waals surface area (Å²) in [6.07, 6.45) is 4.80. The van der Waals surface area contributed by atoms with Crippen LogP contribution in [-0.2, 0) is 6.54 Å². The van der Waals surface area contributed by atoms with E-state index >= 15 is 0 Å². The molecule has 1 aliphatic rings. The first-order valence-electron chi connectivity index (χ1n) is 7.39. The molecule has 1 heterocycles. The summed E-state index contributed by atoms with van der Waals surface area (Å²) in [6.45, 7) is 6.57. The topological polar surface area (TPSA) is 32.7 Å². The van der Waals surface area contributed by atoms with Gasteiger partial charge in [0.1, 0.15) is 0 Å². The van der Waals surface area contributed by atoms with Crippen molar-refractivity contribution in [2.45, 2.75) is 25.8 Å². The quantitative estimate of drug-likeness (QED) is 0.819. The summed E-state index contributed by atoms with van der Waals surface area (Å²) < 4.78 is 18.5.